The summed E-state index contributed by atoms with van der Waals surface area (Å²) in [7, 11) is 2.01. The highest BCUT2D eigenvalue weighted by molar-refractivity contribution is 5.51. The molecular formula is C14H22N6O. The number of aryl methyl sites for hydroxylation is 1. The van der Waals surface area contributed by atoms with Crippen LogP contribution >= 0.6 is 0 Å². The molecule has 7 heteroatoms. The van der Waals surface area contributed by atoms with Crippen molar-refractivity contribution in [2.45, 2.75) is 32.7 Å². The van der Waals surface area contributed by atoms with Crippen LogP contribution in [-0.2, 0) is 0 Å². The topological polar surface area (TPSA) is 78.3 Å². The van der Waals surface area contributed by atoms with Crippen LogP contribution in [0.5, 0.6) is 0 Å². The lowest BCUT2D eigenvalue weighted by molar-refractivity contribution is 0.332. The Morgan fingerprint density at radius 3 is 3.10 bits per heavy atom. The van der Waals surface area contributed by atoms with Crippen molar-refractivity contribution in [1.29, 1.82) is 0 Å². The van der Waals surface area contributed by atoms with Gasteiger partial charge in [-0.05, 0) is 39.7 Å². The van der Waals surface area contributed by atoms with E-state index in [1.54, 1.807) is 0 Å². The standard InChI is InChI=1S/C14H22N6O/c1-9(15-3)11-5-4-6-19(8-11)12-7-13-17-18-14(21)20(13)10(2)16-12/h7,9,11,15H,4-6,8H2,1-3H3,(H,18,21). The average molecular weight is 290 g/mol. The van der Waals surface area contributed by atoms with Gasteiger partial charge in [0.15, 0.2) is 5.65 Å². The van der Waals surface area contributed by atoms with Crippen molar-refractivity contribution >= 4 is 11.5 Å². The number of hydrogen-bond donors (Lipinski definition) is 2. The highest BCUT2D eigenvalue weighted by Gasteiger charge is 2.25. The Labute approximate surface area is 123 Å². The fraction of sp³-hybridized carbons (Fsp3) is 0.643. The van der Waals surface area contributed by atoms with Crippen LogP contribution < -0.4 is 15.9 Å². The molecule has 1 aliphatic heterocycles. The molecule has 2 aromatic rings. The first kappa shape index (κ1) is 14.1. The number of piperidine rings is 1. The van der Waals surface area contributed by atoms with Gasteiger partial charge in [0, 0.05) is 25.2 Å². The third-order valence-electron chi connectivity index (χ3n) is 4.50. The monoisotopic (exact) mass is 290 g/mol. The van der Waals surface area contributed by atoms with E-state index in [1.165, 1.54) is 10.8 Å². The first-order valence-corrected chi connectivity index (χ1v) is 7.47. The smallest absolute Gasteiger partial charge is 0.349 e. The minimum Gasteiger partial charge on any atom is -0.356 e. The van der Waals surface area contributed by atoms with Crippen molar-refractivity contribution in [3.05, 3.63) is 22.4 Å². The Hall–Kier alpha value is -1.89. The van der Waals surface area contributed by atoms with Crippen LogP contribution in [0.3, 0.4) is 0 Å². The van der Waals surface area contributed by atoms with Gasteiger partial charge in [0.1, 0.15) is 11.6 Å². The second-order valence-electron chi connectivity index (χ2n) is 5.81. The van der Waals surface area contributed by atoms with Crippen LogP contribution in [0.15, 0.2) is 10.9 Å². The summed E-state index contributed by atoms with van der Waals surface area (Å²) in [5, 5.41) is 9.87. The molecule has 0 aromatic carbocycles. The van der Waals surface area contributed by atoms with Gasteiger partial charge in [0.2, 0.25) is 0 Å². The average Bonchev–Trinajstić information content (AvgIpc) is 2.88. The number of anilines is 1. The lowest BCUT2D eigenvalue weighted by Crippen LogP contribution is -2.44. The number of rotatable bonds is 3. The van der Waals surface area contributed by atoms with E-state index in [0.29, 0.717) is 23.4 Å². The molecule has 0 spiro atoms. The first-order chi connectivity index (χ1) is 10.1. The van der Waals surface area contributed by atoms with Crippen molar-refractivity contribution in [3.8, 4) is 0 Å². The molecule has 0 amide bonds. The van der Waals surface area contributed by atoms with E-state index in [0.717, 1.165) is 25.3 Å². The third-order valence-corrected chi connectivity index (χ3v) is 4.50. The molecule has 21 heavy (non-hydrogen) atoms. The highest BCUT2D eigenvalue weighted by atomic mass is 16.1. The zero-order chi connectivity index (χ0) is 15.0. The zero-order valence-electron chi connectivity index (χ0n) is 12.8. The third kappa shape index (κ3) is 2.53. The Bertz CT molecular complexity index is 690. The van der Waals surface area contributed by atoms with Gasteiger partial charge >= 0.3 is 5.69 Å². The summed E-state index contributed by atoms with van der Waals surface area (Å²) >= 11 is 0. The van der Waals surface area contributed by atoms with Gasteiger partial charge < -0.3 is 10.2 Å². The molecule has 0 radical (unpaired) electrons. The van der Waals surface area contributed by atoms with Crippen LogP contribution in [-0.4, -0.2) is 45.8 Å². The van der Waals surface area contributed by atoms with Crippen LogP contribution in [0.1, 0.15) is 25.6 Å². The summed E-state index contributed by atoms with van der Waals surface area (Å²) in [5.74, 6) is 2.19. The van der Waals surface area contributed by atoms with Crippen LogP contribution in [0.25, 0.3) is 5.65 Å². The minimum atomic E-state index is -0.234. The summed E-state index contributed by atoms with van der Waals surface area (Å²) < 4.78 is 1.50. The van der Waals surface area contributed by atoms with E-state index < -0.39 is 0 Å². The lowest BCUT2D eigenvalue weighted by Gasteiger charge is -2.36. The summed E-state index contributed by atoms with van der Waals surface area (Å²) in [5.41, 5.74) is 0.396. The van der Waals surface area contributed by atoms with Crippen molar-refractivity contribution in [2.24, 2.45) is 5.92 Å². The summed E-state index contributed by atoms with van der Waals surface area (Å²) in [6.45, 7) is 6.05. The van der Waals surface area contributed by atoms with Gasteiger partial charge in [-0.1, -0.05) is 0 Å². The number of H-pyrrole nitrogens is 1. The van der Waals surface area contributed by atoms with E-state index in [-0.39, 0.29) is 5.69 Å². The summed E-state index contributed by atoms with van der Waals surface area (Å²) in [6.07, 6.45) is 2.40. The molecule has 2 N–H and O–H groups in total. The fourth-order valence-corrected chi connectivity index (χ4v) is 3.11. The number of aromatic amines is 1. The van der Waals surface area contributed by atoms with E-state index in [9.17, 15) is 4.79 Å². The van der Waals surface area contributed by atoms with E-state index >= 15 is 0 Å². The van der Waals surface area contributed by atoms with Gasteiger partial charge in [-0.2, -0.15) is 5.10 Å². The van der Waals surface area contributed by atoms with Crippen molar-refractivity contribution in [2.75, 3.05) is 25.0 Å². The predicted octanol–water partition coefficient (Wildman–Crippen LogP) is 0.550. The molecule has 0 saturated carbocycles. The maximum absolute atomic E-state index is 11.7. The molecule has 1 fully saturated rings. The van der Waals surface area contributed by atoms with Gasteiger partial charge in [0.05, 0.1) is 0 Å². The number of nitrogens with one attached hydrogen (secondary N) is 2. The van der Waals surface area contributed by atoms with E-state index in [4.69, 9.17) is 0 Å². The normalized spacial score (nSPS) is 20.9. The van der Waals surface area contributed by atoms with Crippen LogP contribution in [0.4, 0.5) is 5.82 Å². The van der Waals surface area contributed by atoms with Gasteiger partial charge in [-0.15, -0.1) is 0 Å². The highest BCUT2D eigenvalue weighted by Crippen LogP contribution is 2.24. The largest absolute Gasteiger partial charge is 0.356 e. The maximum atomic E-state index is 11.7. The number of fused-ring (bicyclic) bond motifs is 1. The number of aromatic nitrogens is 4. The number of nitrogens with zero attached hydrogens (tertiary/aromatic N) is 4. The molecule has 2 aromatic heterocycles. The first-order valence-electron chi connectivity index (χ1n) is 7.47. The van der Waals surface area contributed by atoms with Crippen LogP contribution in [0.2, 0.25) is 0 Å². The van der Waals surface area contributed by atoms with Gasteiger partial charge in [-0.3, -0.25) is 0 Å². The van der Waals surface area contributed by atoms with Crippen molar-refractivity contribution < 1.29 is 0 Å². The quantitative estimate of drug-likeness (QED) is 0.863. The molecule has 0 bridgehead atoms. The molecule has 1 saturated heterocycles. The second kappa shape index (κ2) is 5.48. The Morgan fingerprint density at radius 2 is 2.33 bits per heavy atom. The zero-order valence-corrected chi connectivity index (χ0v) is 12.8. The summed E-state index contributed by atoms with van der Waals surface area (Å²) in [6, 6.07) is 2.38. The molecule has 3 heterocycles. The Kier molecular flexibility index (Phi) is 3.67. The molecule has 0 aliphatic carbocycles. The predicted molar refractivity (Wildman–Crippen MR) is 81.8 cm³/mol. The fourth-order valence-electron chi connectivity index (χ4n) is 3.11. The minimum absolute atomic E-state index is 0.234. The molecular weight excluding hydrogens is 268 g/mol. The Balaban J connectivity index is 1.91. The lowest BCUT2D eigenvalue weighted by atomic mass is 9.92. The Morgan fingerprint density at radius 1 is 1.52 bits per heavy atom. The molecule has 3 rings (SSSR count). The second-order valence-corrected chi connectivity index (χ2v) is 5.81. The molecule has 2 atom stereocenters. The number of hydrogen-bond acceptors (Lipinski definition) is 5. The van der Waals surface area contributed by atoms with Crippen LogP contribution in [0, 0.1) is 12.8 Å². The van der Waals surface area contributed by atoms with E-state index in [1.807, 2.05) is 20.0 Å². The molecule has 1 aliphatic rings. The van der Waals surface area contributed by atoms with Gasteiger partial charge in [-0.25, -0.2) is 19.3 Å². The van der Waals surface area contributed by atoms with E-state index in [2.05, 4.69) is 32.3 Å². The molecule has 2 unspecified atom stereocenters. The SMILES string of the molecule is CNC(C)C1CCCN(c2cc3n[nH]c(=O)n3c(C)n2)C1. The van der Waals surface area contributed by atoms with Crippen molar-refractivity contribution in [1.82, 2.24) is 24.9 Å². The van der Waals surface area contributed by atoms with Crippen molar-refractivity contribution in [3.63, 3.8) is 0 Å². The molecule has 7 nitrogen and oxygen atoms in total. The maximum Gasteiger partial charge on any atom is 0.349 e. The summed E-state index contributed by atoms with van der Waals surface area (Å²) in [4.78, 5) is 18.5. The molecule has 114 valence electrons. The van der Waals surface area contributed by atoms with Gasteiger partial charge in [0.25, 0.3) is 0 Å².